The fourth-order valence-corrected chi connectivity index (χ4v) is 9.71. The van der Waals surface area contributed by atoms with Crippen molar-refractivity contribution in [3.05, 3.63) is 159 Å². The highest BCUT2D eigenvalue weighted by molar-refractivity contribution is 7.90. The number of ketones is 4. The maximum Gasteiger partial charge on any atom is 0.296 e. The van der Waals surface area contributed by atoms with Crippen LogP contribution in [0.4, 0.5) is 22.7 Å². The molecule has 4 atom stereocenters. The van der Waals surface area contributed by atoms with Crippen molar-refractivity contribution < 1.29 is 45.1 Å². The molecule has 4 unspecified atom stereocenters. The highest BCUT2D eigenvalue weighted by Gasteiger charge is 2.49. The number of allylic oxidation sites excluding steroid dienone is 7. The lowest BCUT2D eigenvalue weighted by Gasteiger charge is -2.36. The molecule has 8 rings (SSSR count). The minimum absolute atomic E-state index is 0.0125. The molecule has 0 heterocycles. The minimum Gasteiger partial charge on any atom is -0.400 e. The zero-order valence-corrected chi connectivity index (χ0v) is 33.0. The van der Waals surface area contributed by atoms with Crippen LogP contribution < -0.4 is 22.1 Å². The van der Waals surface area contributed by atoms with E-state index < -0.39 is 93.6 Å². The van der Waals surface area contributed by atoms with E-state index in [-0.39, 0.29) is 33.6 Å². The lowest BCUT2D eigenvalue weighted by Crippen LogP contribution is -2.44. The van der Waals surface area contributed by atoms with E-state index in [1.54, 1.807) is 60.7 Å². The first kappa shape index (κ1) is 39.4. The van der Waals surface area contributed by atoms with Crippen LogP contribution in [0.5, 0.6) is 0 Å². The van der Waals surface area contributed by atoms with Gasteiger partial charge in [0.25, 0.3) is 20.2 Å². The molecule has 4 aliphatic carbocycles. The fourth-order valence-electron chi connectivity index (χ4n) is 8.37. The summed E-state index contributed by atoms with van der Waals surface area (Å²) in [5, 5.41) is 6.15. The summed E-state index contributed by atoms with van der Waals surface area (Å²) in [5.74, 6) is -6.13. The first-order chi connectivity index (χ1) is 27.8. The number of hydrogen-bond acceptors (Lipinski definition) is 12. The van der Waals surface area contributed by atoms with E-state index in [1.807, 2.05) is 38.1 Å². The Morgan fingerprint density at radius 3 is 1.63 bits per heavy atom. The number of fused-ring (bicyclic) bond motifs is 4. The Bertz CT molecular complexity index is 2910. The Morgan fingerprint density at radius 2 is 1.12 bits per heavy atom. The molecule has 0 radical (unpaired) electrons. The standard InChI is InChI=1S/C43H36N4O10S2/c1-43(2,21-11-15-23(16-12-21)46-29-19-31(58(52,53)54)37(44)35-33(29)39(48)25-7-3-5-9-27(25)41(35)50)22-13-17-24(18-14-22)47-30-20-32(59(55,56)57)38(45)36-34(30)40(49)26-8-4-6-10-28(26)42(36)51/h3-20,25,27,34,36,46-47H,44-45H2,1-2H3,(H,52,53,54)(H,55,56,57). The third kappa shape index (κ3) is 6.50. The molecule has 4 aliphatic rings. The summed E-state index contributed by atoms with van der Waals surface area (Å²) in [7, 11) is -9.76. The highest BCUT2D eigenvalue weighted by atomic mass is 32.2. The number of nitrogen functional groups attached to an aromatic ring is 1. The molecule has 14 nitrogen and oxygen atoms in total. The van der Waals surface area contributed by atoms with E-state index in [0.717, 1.165) is 23.3 Å². The second-order valence-electron chi connectivity index (χ2n) is 15.3. The van der Waals surface area contributed by atoms with E-state index in [1.165, 1.54) is 12.1 Å². The SMILES string of the molecule is CC(C)(c1ccc(NC2=CC(S(=O)(=O)O)=C(N)C3C(=O)c4ccccc4C(=O)C23)cc1)c1ccc(Nc2cc(S(=O)(=O)O)c(N)c3c2C(=O)C2C=CC=CC2C3=O)cc1. The smallest absolute Gasteiger partial charge is 0.296 e. The van der Waals surface area contributed by atoms with E-state index in [4.69, 9.17) is 11.5 Å². The molecule has 8 N–H and O–H groups in total. The summed E-state index contributed by atoms with van der Waals surface area (Å²) in [6, 6.07) is 21.4. The van der Waals surface area contributed by atoms with Crippen molar-refractivity contribution in [1.82, 2.24) is 0 Å². The van der Waals surface area contributed by atoms with E-state index >= 15 is 0 Å². The molecule has 4 aromatic rings. The molecule has 4 aromatic carbocycles. The monoisotopic (exact) mass is 832 g/mol. The molecule has 0 fully saturated rings. The Labute approximate surface area is 338 Å². The quantitative estimate of drug-likeness (QED) is 0.0880. The van der Waals surface area contributed by atoms with Crippen LogP contribution in [0.3, 0.4) is 0 Å². The lowest BCUT2D eigenvalue weighted by molar-refractivity contribution is 0.0785. The maximum atomic E-state index is 13.8. The summed E-state index contributed by atoms with van der Waals surface area (Å²) in [6.07, 6.45) is 7.53. The van der Waals surface area contributed by atoms with Crippen LogP contribution in [0.1, 0.15) is 66.4 Å². The molecule has 0 saturated heterocycles. The Morgan fingerprint density at radius 1 is 0.627 bits per heavy atom. The van der Waals surface area contributed by atoms with Crippen LogP contribution in [0.25, 0.3) is 0 Å². The van der Waals surface area contributed by atoms with Crippen LogP contribution in [0.15, 0.2) is 130 Å². The molecule has 0 spiro atoms. The van der Waals surface area contributed by atoms with Gasteiger partial charge in [0.1, 0.15) is 9.80 Å². The van der Waals surface area contributed by atoms with Crippen LogP contribution in [0, 0.1) is 23.7 Å². The third-order valence-electron chi connectivity index (χ3n) is 11.5. The van der Waals surface area contributed by atoms with Crippen molar-refractivity contribution in [2.75, 3.05) is 16.4 Å². The number of hydrogen-bond donors (Lipinski definition) is 6. The van der Waals surface area contributed by atoms with Gasteiger partial charge < -0.3 is 22.1 Å². The average molecular weight is 833 g/mol. The number of carbonyl (C=O) groups excluding carboxylic acids is 4. The van der Waals surface area contributed by atoms with Gasteiger partial charge in [-0.1, -0.05) is 86.7 Å². The first-order valence-corrected chi connectivity index (χ1v) is 21.2. The maximum absolute atomic E-state index is 13.8. The molecule has 16 heteroatoms. The van der Waals surface area contributed by atoms with Crippen LogP contribution >= 0.6 is 0 Å². The molecule has 0 aliphatic heterocycles. The molecular weight excluding hydrogens is 797 g/mol. The second kappa shape index (κ2) is 13.8. The topological polar surface area (TPSA) is 253 Å². The predicted molar refractivity (Wildman–Crippen MR) is 219 cm³/mol. The number of Topliss-reactive ketones (excluding diaryl/α,β-unsaturated/α-hetero) is 4. The first-order valence-electron chi connectivity index (χ1n) is 18.3. The number of benzene rings is 4. The van der Waals surface area contributed by atoms with Gasteiger partial charge in [0, 0.05) is 39.3 Å². The van der Waals surface area contributed by atoms with Crippen molar-refractivity contribution >= 4 is 66.1 Å². The molecule has 0 bridgehead atoms. The van der Waals surface area contributed by atoms with Gasteiger partial charge in [0.05, 0.1) is 46.2 Å². The number of nitrogens with one attached hydrogen (secondary N) is 2. The minimum atomic E-state index is -4.89. The second-order valence-corrected chi connectivity index (χ2v) is 18.0. The van der Waals surface area contributed by atoms with Gasteiger partial charge in [0.15, 0.2) is 23.1 Å². The number of anilines is 4. The van der Waals surface area contributed by atoms with Gasteiger partial charge in [-0.15, -0.1) is 0 Å². The summed E-state index contributed by atoms with van der Waals surface area (Å²) in [6.45, 7) is 3.95. The van der Waals surface area contributed by atoms with Gasteiger partial charge in [-0.2, -0.15) is 16.8 Å². The molecule has 0 amide bonds. The summed E-state index contributed by atoms with van der Waals surface area (Å²) >= 11 is 0. The van der Waals surface area contributed by atoms with Gasteiger partial charge in [-0.05, 0) is 47.5 Å². The Kier molecular flexibility index (Phi) is 9.23. The van der Waals surface area contributed by atoms with Crippen LogP contribution in [-0.4, -0.2) is 49.1 Å². The Hall–Kier alpha value is -6.46. The van der Waals surface area contributed by atoms with Gasteiger partial charge in [-0.3, -0.25) is 28.3 Å². The van der Waals surface area contributed by atoms with Crippen LogP contribution in [-0.2, 0) is 25.7 Å². The Balaban J connectivity index is 1.07. The van der Waals surface area contributed by atoms with Gasteiger partial charge in [0.2, 0.25) is 0 Å². The largest absolute Gasteiger partial charge is 0.400 e. The number of rotatable bonds is 8. The molecule has 0 saturated carbocycles. The summed E-state index contributed by atoms with van der Waals surface area (Å²) in [5.41, 5.74) is 13.4. The van der Waals surface area contributed by atoms with Gasteiger partial charge >= 0.3 is 0 Å². The highest BCUT2D eigenvalue weighted by Crippen LogP contribution is 2.45. The lowest BCUT2D eigenvalue weighted by atomic mass is 9.69. The van der Waals surface area contributed by atoms with Crippen LogP contribution in [0.2, 0.25) is 0 Å². The van der Waals surface area contributed by atoms with E-state index in [2.05, 4.69) is 10.6 Å². The number of carbonyl (C=O) groups is 4. The molecule has 59 heavy (non-hydrogen) atoms. The summed E-state index contributed by atoms with van der Waals surface area (Å²) < 4.78 is 69.5. The molecule has 300 valence electrons. The van der Waals surface area contributed by atoms with E-state index in [9.17, 15) is 45.1 Å². The predicted octanol–water partition coefficient (Wildman–Crippen LogP) is 6.00. The zero-order valence-electron chi connectivity index (χ0n) is 31.3. The molecular formula is C43H36N4O10S2. The van der Waals surface area contributed by atoms with E-state index in [0.29, 0.717) is 11.4 Å². The normalized spacial score (nSPS) is 21.3. The molecule has 0 aromatic heterocycles. The van der Waals surface area contributed by atoms with Crippen molar-refractivity contribution in [3.63, 3.8) is 0 Å². The third-order valence-corrected chi connectivity index (χ3v) is 13.3. The van der Waals surface area contributed by atoms with Crippen molar-refractivity contribution in [2.24, 2.45) is 29.4 Å². The average Bonchev–Trinajstić information content (AvgIpc) is 3.19. The summed E-state index contributed by atoms with van der Waals surface area (Å²) in [4.78, 5) is 53.4. The number of nitrogens with two attached hydrogens (primary N) is 2. The van der Waals surface area contributed by atoms with Crippen molar-refractivity contribution in [1.29, 1.82) is 0 Å². The fraction of sp³-hybridized carbons (Fsp3) is 0.163. The zero-order chi connectivity index (χ0) is 42.3. The van der Waals surface area contributed by atoms with Gasteiger partial charge in [-0.25, -0.2) is 0 Å². The van der Waals surface area contributed by atoms with Crippen molar-refractivity contribution in [3.8, 4) is 0 Å². The van der Waals surface area contributed by atoms with Crippen molar-refractivity contribution in [2.45, 2.75) is 24.2 Å².